The fourth-order valence-electron chi connectivity index (χ4n) is 2.93. The van der Waals surface area contributed by atoms with Gasteiger partial charge in [-0.15, -0.1) is 0 Å². The van der Waals surface area contributed by atoms with Gasteiger partial charge in [0.05, 0.1) is 12.3 Å². The summed E-state index contributed by atoms with van der Waals surface area (Å²) in [6.07, 6.45) is 1.64. The Morgan fingerprint density at radius 2 is 2.30 bits per heavy atom. The van der Waals surface area contributed by atoms with E-state index in [-0.39, 0.29) is 11.7 Å². The molecular formula is C16H23N5O2. The van der Waals surface area contributed by atoms with Crippen molar-refractivity contribution in [2.75, 3.05) is 19.7 Å². The number of aryl methyl sites for hydroxylation is 1. The van der Waals surface area contributed by atoms with Crippen LogP contribution in [0, 0.1) is 6.92 Å². The average molecular weight is 317 g/mol. The van der Waals surface area contributed by atoms with E-state index in [1.54, 1.807) is 0 Å². The van der Waals surface area contributed by atoms with E-state index >= 15 is 0 Å². The number of ether oxygens (including phenoxy) is 1. The molecule has 3 rings (SSSR count). The quantitative estimate of drug-likeness (QED) is 0.923. The van der Waals surface area contributed by atoms with Gasteiger partial charge in [-0.3, -0.25) is 14.4 Å². The van der Waals surface area contributed by atoms with Crippen molar-refractivity contribution in [3.05, 3.63) is 45.9 Å². The maximum absolute atomic E-state index is 11.6. The minimum Gasteiger partial charge on any atom is -0.368 e. The third-order valence-corrected chi connectivity index (χ3v) is 3.97. The van der Waals surface area contributed by atoms with Crippen molar-refractivity contribution in [2.24, 2.45) is 0 Å². The van der Waals surface area contributed by atoms with E-state index < -0.39 is 0 Å². The number of morpholine rings is 1. The van der Waals surface area contributed by atoms with Crippen molar-refractivity contribution in [1.82, 2.24) is 24.6 Å². The Morgan fingerprint density at radius 1 is 1.48 bits per heavy atom. The first-order valence-corrected chi connectivity index (χ1v) is 7.97. The topological polar surface area (TPSA) is 76.0 Å². The molecule has 7 heteroatoms. The van der Waals surface area contributed by atoms with Crippen LogP contribution in [0.2, 0.25) is 0 Å². The summed E-state index contributed by atoms with van der Waals surface area (Å²) in [6, 6.07) is 3.88. The molecule has 124 valence electrons. The lowest BCUT2D eigenvalue weighted by molar-refractivity contribution is -0.0381. The third kappa shape index (κ3) is 3.68. The Balaban J connectivity index is 1.73. The summed E-state index contributed by atoms with van der Waals surface area (Å²) in [5, 5.41) is 4.38. The van der Waals surface area contributed by atoms with Crippen molar-refractivity contribution in [3.8, 4) is 0 Å². The predicted octanol–water partition coefficient (Wildman–Crippen LogP) is 1.43. The standard InChI is InChI=1S/C16H23N5O2/c1-11(2)21-13(4-5-17-21)9-20-6-7-23-14(10-20)16-18-12(3)8-15(22)19-16/h4-5,8,11,14H,6-7,9-10H2,1-3H3,(H,18,19,22)/t14-/m1/s1. The molecule has 0 bridgehead atoms. The number of rotatable bonds is 4. The Morgan fingerprint density at radius 3 is 3.04 bits per heavy atom. The molecule has 0 aromatic carbocycles. The molecule has 1 atom stereocenters. The van der Waals surface area contributed by atoms with E-state index in [1.807, 2.05) is 17.8 Å². The SMILES string of the molecule is Cc1cc(=O)[nH]c([C@H]2CN(Cc3ccnn3C(C)C)CCO2)n1. The molecule has 7 nitrogen and oxygen atoms in total. The molecule has 0 saturated carbocycles. The van der Waals surface area contributed by atoms with E-state index in [1.165, 1.54) is 11.8 Å². The summed E-state index contributed by atoms with van der Waals surface area (Å²) in [6.45, 7) is 9.07. The van der Waals surface area contributed by atoms with Gasteiger partial charge in [-0.25, -0.2) is 4.98 Å². The molecule has 1 aliphatic heterocycles. The van der Waals surface area contributed by atoms with E-state index in [2.05, 4.69) is 39.9 Å². The van der Waals surface area contributed by atoms with Crippen LogP contribution in [0.25, 0.3) is 0 Å². The zero-order chi connectivity index (χ0) is 16.4. The van der Waals surface area contributed by atoms with E-state index in [0.29, 0.717) is 30.7 Å². The second kappa shape index (κ2) is 6.64. The number of hydrogen-bond donors (Lipinski definition) is 1. The van der Waals surface area contributed by atoms with Crippen molar-refractivity contribution in [3.63, 3.8) is 0 Å². The molecule has 0 aliphatic carbocycles. The highest BCUT2D eigenvalue weighted by molar-refractivity contribution is 5.05. The molecule has 1 saturated heterocycles. The maximum Gasteiger partial charge on any atom is 0.251 e. The van der Waals surface area contributed by atoms with Crippen LogP contribution in [0.3, 0.4) is 0 Å². The fraction of sp³-hybridized carbons (Fsp3) is 0.562. The Bertz CT molecular complexity index is 721. The molecule has 1 N–H and O–H groups in total. The van der Waals surface area contributed by atoms with Gasteiger partial charge in [0, 0.05) is 43.6 Å². The van der Waals surface area contributed by atoms with Gasteiger partial charge in [0.15, 0.2) is 0 Å². The molecule has 1 aliphatic rings. The summed E-state index contributed by atoms with van der Waals surface area (Å²) in [5.41, 5.74) is 1.76. The van der Waals surface area contributed by atoms with Crippen LogP contribution in [0.4, 0.5) is 0 Å². The number of nitrogens with zero attached hydrogens (tertiary/aromatic N) is 4. The lowest BCUT2D eigenvalue weighted by Gasteiger charge is -2.32. The van der Waals surface area contributed by atoms with Crippen LogP contribution in [-0.4, -0.2) is 44.3 Å². The predicted molar refractivity (Wildman–Crippen MR) is 86.2 cm³/mol. The van der Waals surface area contributed by atoms with Gasteiger partial charge in [-0.2, -0.15) is 5.10 Å². The minimum atomic E-state index is -0.202. The Labute approximate surface area is 135 Å². The van der Waals surface area contributed by atoms with Gasteiger partial charge >= 0.3 is 0 Å². The number of aromatic amines is 1. The largest absolute Gasteiger partial charge is 0.368 e. The summed E-state index contributed by atoms with van der Waals surface area (Å²) in [4.78, 5) is 21.1. The van der Waals surface area contributed by atoms with Crippen molar-refractivity contribution >= 4 is 0 Å². The average Bonchev–Trinajstić information content (AvgIpc) is 2.95. The highest BCUT2D eigenvalue weighted by Gasteiger charge is 2.25. The molecule has 0 spiro atoms. The van der Waals surface area contributed by atoms with E-state index in [0.717, 1.165) is 13.1 Å². The Kier molecular flexibility index (Phi) is 4.58. The zero-order valence-corrected chi connectivity index (χ0v) is 13.8. The first-order chi connectivity index (χ1) is 11.0. The van der Waals surface area contributed by atoms with Crippen molar-refractivity contribution < 1.29 is 4.74 Å². The van der Waals surface area contributed by atoms with Gasteiger partial charge in [-0.1, -0.05) is 0 Å². The molecule has 0 radical (unpaired) electrons. The monoisotopic (exact) mass is 317 g/mol. The second-order valence-electron chi connectivity index (χ2n) is 6.23. The highest BCUT2D eigenvalue weighted by atomic mass is 16.5. The normalized spacial score (nSPS) is 19.4. The molecule has 0 unspecified atom stereocenters. The van der Waals surface area contributed by atoms with Gasteiger partial charge in [0.25, 0.3) is 5.56 Å². The first kappa shape index (κ1) is 15.9. The van der Waals surface area contributed by atoms with E-state index in [4.69, 9.17) is 4.74 Å². The van der Waals surface area contributed by atoms with Gasteiger partial charge in [-0.05, 0) is 26.8 Å². The number of nitrogens with one attached hydrogen (secondary N) is 1. The fourth-order valence-corrected chi connectivity index (χ4v) is 2.93. The van der Waals surface area contributed by atoms with Gasteiger partial charge < -0.3 is 9.72 Å². The van der Waals surface area contributed by atoms with Crippen LogP contribution in [-0.2, 0) is 11.3 Å². The van der Waals surface area contributed by atoms with Crippen molar-refractivity contribution in [1.29, 1.82) is 0 Å². The lowest BCUT2D eigenvalue weighted by atomic mass is 10.2. The number of H-pyrrole nitrogens is 1. The summed E-state index contributed by atoms with van der Waals surface area (Å²) in [7, 11) is 0. The van der Waals surface area contributed by atoms with Crippen LogP contribution in [0.15, 0.2) is 23.1 Å². The Hall–Kier alpha value is -1.99. The smallest absolute Gasteiger partial charge is 0.251 e. The zero-order valence-electron chi connectivity index (χ0n) is 13.8. The molecule has 3 heterocycles. The van der Waals surface area contributed by atoms with Gasteiger partial charge in [0.2, 0.25) is 0 Å². The highest BCUT2D eigenvalue weighted by Crippen LogP contribution is 2.20. The van der Waals surface area contributed by atoms with Crippen LogP contribution < -0.4 is 5.56 Å². The number of aromatic nitrogens is 4. The van der Waals surface area contributed by atoms with Crippen LogP contribution >= 0.6 is 0 Å². The van der Waals surface area contributed by atoms with Gasteiger partial charge in [0.1, 0.15) is 11.9 Å². The van der Waals surface area contributed by atoms with Crippen LogP contribution in [0.1, 0.15) is 43.2 Å². The minimum absolute atomic E-state index is 0.133. The molecule has 0 amide bonds. The molecule has 2 aromatic rings. The lowest BCUT2D eigenvalue weighted by Crippen LogP contribution is -2.39. The summed E-state index contributed by atoms with van der Waals surface area (Å²) >= 11 is 0. The maximum atomic E-state index is 11.6. The van der Waals surface area contributed by atoms with E-state index in [9.17, 15) is 4.79 Å². The second-order valence-corrected chi connectivity index (χ2v) is 6.23. The van der Waals surface area contributed by atoms with Crippen molar-refractivity contribution in [2.45, 2.75) is 39.5 Å². The van der Waals surface area contributed by atoms with Crippen LogP contribution in [0.5, 0.6) is 0 Å². The number of hydrogen-bond acceptors (Lipinski definition) is 5. The summed E-state index contributed by atoms with van der Waals surface area (Å²) in [5.74, 6) is 0.608. The molecule has 2 aromatic heterocycles. The summed E-state index contributed by atoms with van der Waals surface area (Å²) < 4.78 is 7.84. The molecular weight excluding hydrogens is 294 g/mol. The molecule has 1 fully saturated rings. The third-order valence-electron chi connectivity index (χ3n) is 3.97. The first-order valence-electron chi connectivity index (χ1n) is 7.97. The molecule has 23 heavy (non-hydrogen) atoms.